The van der Waals surface area contributed by atoms with Crippen molar-refractivity contribution in [2.45, 2.75) is 13.3 Å². The normalized spacial score (nSPS) is 11.8. The minimum atomic E-state index is -0.879. The zero-order valence-corrected chi connectivity index (χ0v) is 15.7. The van der Waals surface area contributed by atoms with Gasteiger partial charge >= 0.3 is 11.3 Å². The van der Waals surface area contributed by atoms with Crippen molar-refractivity contribution in [2.24, 2.45) is 0 Å². The molecule has 0 unspecified atom stereocenters. The average Bonchev–Trinajstić information content (AvgIpc) is 2.67. The molecule has 0 bridgehead atoms. The molecular formula is C22H16O8. The summed E-state index contributed by atoms with van der Waals surface area (Å²) in [6.45, 7) is 1.80. The minimum absolute atomic E-state index is 0.0124. The molecule has 4 rings (SSSR count). The van der Waals surface area contributed by atoms with Gasteiger partial charge in [-0.3, -0.25) is 0 Å². The Kier molecular flexibility index (Phi) is 4.67. The average molecular weight is 408 g/mol. The van der Waals surface area contributed by atoms with Crippen molar-refractivity contribution < 1.29 is 28.9 Å². The van der Waals surface area contributed by atoms with Gasteiger partial charge in [-0.2, -0.15) is 0 Å². The molecule has 0 aliphatic rings. The van der Waals surface area contributed by atoms with Crippen molar-refractivity contribution in [3.63, 3.8) is 0 Å². The van der Waals surface area contributed by atoms with Gasteiger partial charge in [-0.15, -0.1) is 0 Å². The smallest absolute Gasteiger partial charge is 0.351 e. The van der Waals surface area contributed by atoms with Crippen LogP contribution >= 0.6 is 0 Å². The van der Waals surface area contributed by atoms with E-state index in [0.29, 0.717) is 11.8 Å². The second kappa shape index (κ2) is 7.32. The number of phenols is 2. The second-order valence-corrected chi connectivity index (χ2v) is 6.48. The third-order valence-corrected chi connectivity index (χ3v) is 4.41. The number of hydrogen-bond acceptors (Lipinski definition) is 8. The maximum Gasteiger partial charge on any atom is 0.351 e. The Morgan fingerprint density at radius 1 is 0.933 bits per heavy atom. The first-order valence-electron chi connectivity index (χ1n) is 9.01. The lowest BCUT2D eigenvalue weighted by atomic mass is 10.1. The van der Waals surface area contributed by atoms with E-state index in [9.17, 15) is 24.9 Å². The van der Waals surface area contributed by atoms with Gasteiger partial charge in [0.15, 0.2) is 0 Å². The number of ether oxygens (including phenoxy) is 1. The van der Waals surface area contributed by atoms with Crippen LogP contribution in [0.4, 0.5) is 0 Å². The lowest BCUT2D eigenvalue weighted by molar-refractivity contribution is 0.447. The molecule has 8 nitrogen and oxygen atoms in total. The standard InChI is InChI=1S/C22H16O8/c1-2-3-15(20-21(26)14-7-5-12(24)9-17(14)30-22(20)27)28-18-10-19(25)29-16-8-11(23)4-6-13(16)18/h3-10,23-24,26H,2H2,1H3/b15-3-. The highest BCUT2D eigenvalue weighted by atomic mass is 16.5. The number of fused-ring (bicyclic) bond motifs is 2. The molecule has 3 N–H and O–H groups in total. The van der Waals surface area contributed by atoms with Crippen LogP contribution in [0, 0.1) is 0 Å². The number of benzene rings is 2. The summed E-state index contributed by atoms with van der Waals surface area (Å²) in [6, 6.07) is 9.23. The van der Waals surface area contributed by atoms with E-state index in [2.05, 4.69) is 0 Å². The first-order valence-corrected chi connectivity index (χ1v) is 9.01. The van der Waals surface area contributed by atoms with Crippen LogP contribution in [0.1, 0.15) is 18.9 Å². The molecule has 4 aromatic rings. The largest absolute Gasteiger partial charge is 0.508 e. The fourth-order valence-corrected chi connectivity index (χ4v) is 3.10. The molecule has 152 valence electrons. The summed E-state index contributed by atoms with van der Waals surface area (Å²) >= 11 is 0. The summed E-state index contributed by atoms with van der Waals surface area (Å²) < 4.78 is 16.2. The van der Waals surface area contributed by atoms with Crippen LogP contribution in [0.2, 0.25) is 0 Å². The third-order valence-electron chi connectivity index (χ3n) is 4.41. The van der Waals surface area contributed by atoms with Crippen molar-refractivity contribution in [1.82, 2.24) is 0 Å². The Bertz CT molecular complexity index is 1430. The SMILES string of the molecule is CC/C=C(\Oc1cc(=O)oc2cc(O)ccc12)c1c(O)c2ccc(O)cc2oc1=O. The second-order valence-electron chi connectivity index (χ2n) is 6.48. The van der Waals surface area contributed by atoms with E-state index in [-0.39, 0.29) is 50.9 Å². The molecule has 30 heavy (non-hydrogen) atoms. The van der Waals surface area contributed by atoms with Crippen LogP contribution in [-0.4, -0.2) is 15.3 Å². The highest BCUT2D eigenvalue weighted by Crippen LogP contribution is 2.35. The van der Waals surface area contributed by atoms with Gasteiger partial charge in [0.1, 0.15) is 45.5 Å². The lowest BCUT2D eigenvalue weighted by Crippen LogP contribution is -2.11. The van der Waals surface area contributed by atoms with Crippen LogP contribution in [0.25, 0.3) is 27.7 Å². The summed E-state index contributed by atoms with van der Waals surface area (Å²) in [7, 11) is 0. The fourth-order valence-electron chi connectivity index (χ4n) is 3.10. The van der Waals surface area contributed by atoms with Gasteiger partial charge in [0.05, 0.1) is 16.8 Å². The van der Waals surface area contributed by atoms with Gasteiger partial charge in [-0.1, -0.05) is 6.92 Å². The van der Waals surface area contributed by atoms with Gasteiger partial charge in [0.2, 0.25) is 0 Å². The van der Waals surface area contributed by atoms with E-state index >= 15 is 0 Å². The van der Waals surface area contributed by atoms with Gasteiger partial charge in [-0.05, 0) is 36.8 Å². The number of allylic oxidation sites excluding steroid dienone is 1. The quantitative estimate of drug-likeness (QED) is 0.343. The summed E-state index contributed by atoms with van der Waals surface area (Å²) in [4.78, 5) is 24.5. The minimum Gasteiger partial charge on any atom is -0.508 e. The van der Waals surface area contributed by atoms with Crippen LogP contribution in [-0.2, 0) is 0 Å². The Hall–Kier alpha value is -4.20. The molecule has 0 spiro atoms. The molecule has 8 heteroatoms. The fraction of sp³-hybridized carbons (Fsp3) is 0.0909. The summed E-state index contributed by atoms with van der Waals surface area (Å²) in [5, 5.41) is 30.5. The first-order chi connectivity index (χ1) is 14.4. The molecular weight excluding hydrogens is 392 g/mol. The number of phenolic OH excluding ortho intramolecular Hbond substituents is 2. The maximum absolute atomic E-state index is 12.6. The summed E-state index contributed by atoms with van der Waals surface area (Å²) in [5.41, 5.74) is -1.72. The molecule has 0 atom stereocenters. The monoisotopic (exact) mass is 408 g/mol. The van der Waals surface area contributed by atoms with Crippen molar-refractivity contribution in [3.8, 4) is 23.0 Å². The predicted octanol–water partition coefficient (Wildman–Crippen LogP) is 3.85. The van der Waals surface area contributed by atoms with Crippen LogP contribution in [0.5, 0.6) is 23.0 Å². The summed E-state index contributed by atoms with van der Waals surface area (Å²) in [5.74, 6) is -0.539. The highest BCUT2D eigenvalue weighted by molar-refractivity contribution is 5.90. The molecule has 0 aliphatic carbocycles. The molecule has 2 aromatic carbocycles. The van der Waals surface area contributed by atoms with E-state index in [4.69, 9.17) is 13.6 Å². The number of rotatable bonds is 4. The van der Waals surface area contributed by atoms with E-state index in [1.165, 1.54) is 36.4 Å². The highest BCUT2D eigenvalue weighted by Gasteiger charge is 2.21. The Morgan fingerprint density at radius 2 is 1.57 bits per heavy atom. The van der Waals surface area contributed by atoms with Gasteiger partial charge in [0.25, 0.3) is 0 Å². The van der Waals surface area contributed by atoms with Crippen LogP contribution < -0.4 is 16.0 Å². The summed E-state index contributed by atoms with van der Waals surface area (Å²) in [6.07, 6.45) is 2.00. The Balaban J connectivity index is 1.91. The van der Waals surface area contributed by atoms with Gasteiger partial charge < -0.3 is 28.9 Å². The molecule has 0 fully saturated rings. The van der Waals surface area contributed by atoms with E-state index < -0.39 is 11.3 Å². The molecule has 2 heterocycles. The van der Waals surface area contributed by atoms with E-state index in [1.807, 2.05) is 0 Å². The zero-order valence-electron chi connectivity index (χ0n) is 15.7. The van der Waals surface area contributed by atoms with E-state index in [0.717, 1.165) is 6.07 Å². The van der Waals surface area contributed by atoms with Crippen LogP contribution in [0.3, 0.4) is 0 Å². The molecule has 0 saturated carbocycles. The van der Waals surface area contributed by atoms with E-state index in [1.54, 1.807) is 13.0 Å². The third kappa shape index (κ3) is 3.35. The van der Waals surface area contributed by atoms with Crippen LogP contribution in [0.15, 0.2) is 67.0 Å². The zero-order chi connectivity index (χ0) is 21.4. The number of hydrogen-bond donors (Lipinski definition) is 3. The molecule has 0 saturated heterocycles. The lowest BCUT2D eigenvalue weighted by Gasteiger charge is -2.13. The number of aromatic hydroxyl groups is 3. The molecule has 0 aliphatic heterocycles. The predicted molar refractivity (Wildman–Crippen MR) is 109 cm³/mol. The van der Waals surface area contributed by atoms with Crippen molar-refractivity contribution in [1.29, 1.82) is 0 Å². The Labute approximate surface area is 168 Å². The first kappa shape index (κ1) is 19.1. The Morgan fingerprint density at radius 3 is 2.23 bits per heavy atom. The van der Waals surface area contributed by atoms with Crippen molar-refractivity contribution in [2.75, 3.05) is 0 Å². The van der Waals surface area contributed by atoms with Crippen molar-refractivity contribution in [3.05, 3.63) is 74.9 Å². The van der Waals surface area contributed by atoms with Gasteiger partial charge in [0, 0.05) is 12.1 Å². The van der Waals surface area contributed by atoms with Gasteiger partial charge in [-0.25, -0.2) is 9.59 Å². The molecule has 0 radical (unpaired) electrons. The molecule has 2 aromatic heterocycles. The van der Waals surface area contributed by atoms with Crippen molar-refractivity contribution >= 4 is 27.7 Å². The molecule has 0 amide bonds. The topological polar surface area (TPSA) is 130 Å². The maximum atomic E-state index is 12.6.